The van der Waals surface area contributed by atoms with E-state index in [1.165, 1.54) is 23.8 Å². The quantitative estimate of drug-likeness (QED) is 0.371. The summed E-state index contributed by atoms with van der Waals surface area (Å²) in [5.41, 5.74) is -0.0467. The summed E-state index contributed by atoms with van der Waals surface area (Å²) >= 11 is 0. The highest BCUT2D eigenvalue weighted by molar-refractivity contribution is 5.87. The summed E-state index contributed by atoms with van der Waals surface area (Å²) in [6, 6.07) is 8.14. The van der Waals surface area contributed by atoms with E-state index in [-0.39, 0.29) is 24.0 Å². The first-order valence-corrected chi connectivity index (χ1v) is 9.20. The minimum Gasteiger partial charge on any atom is -0.462 e. The number of carbonyl (C=O) groups excluding carboxylic acids is 1. The number of nitrogens with zero attached hydrogens (tertiary/aromatic N) is 2. The standard InChI is InChI=1S/C19H23N3O8/c1-10(24)20-14-6-7-22(19(28)21-14)8-11-4-2-3-5-12(11)29-18-17(27)16(26)15(25)13(9-23)30-18/h2-7,13,15-18,23,25-27H,8-9H2,1H3,(H,20,21,24,28)/t13-,15-,16-,17+,18-/m1/s1. The molecule has 11 nitrogen and oxygen atoms in total. The van der Waals surface area contributed by atoms with Gasteiger partial charge in [0.25, 0.3) is 0 Å². The molecule has 1 saturated heterocycles. The van der Waals surface area contributed by atoms with Gasteiger partial charge in [-0.1, -0.05) is 18.2 Å². The van der Waals surface area contributed by atoms with Crippen molar-refractivity contribution in [1.29, 1.82) is 0 Å². The first-order valence-electron chi connectivity index (χ1n) is 9.20. The molecule has 1 aromatic heterocycles. The summed E-state index contributed by atoms with van der Waals surface area (Å²) in [5, 5.41) is 41.7. The molecule has 1 aromatic carbocycles. The van der Waals surface area contributed by atoms with Crippen LogP contribution in [0.3, 0.4) is 0 Å². The SMILES string of the molecule is CC(=O)Nc1ccn(Cc2ccccc2O[C@@H]2O[C@H](CO)[C@@H](O)[C@@H](O)[C@@H]2O)c(=O)n1. The van der Waals surface area contributed by atoms with Gasteiger partial charge in [-0.25, -0.2) is 4.79 Å². The van der Waals surface area contributed by atoms with E-state index >= 15 is 0 Å². The lowest BCUT2D eigenvalue weighted by molar-refractivity contribution is -0.277. The second-order valence-corrected chi connectivity index (χ2v) is 6.83. The molecule has 2 aromatic rings. The average Bonchev–Trinajstić information content (AvgIpc) is 2.71. The summed E-state index contributed by atoms with van der Waals surface area (Å²) in [6.07, 6.45) is -5.61. The molecule has 0 spiro atoms. The highest BCUT2D eigenvalue weighted by atomic mass is 16.7. The summed E-state index contributed by atoms with van der Waals surface area (Å²) in [7, 11) is 0. The zero-order chi connectivity index (χ0) is 21.8. The second-order valence-electron chi connectivity index (χ2n) is 6.83. The van der Waals surface area contributed by atoms with Gasteiger partial charge >= 0.3 is 5.69 Å². The molecule has 30 heavy (non-hydrogen) atoms. The molecule has 2 heterocycles. The van der Waals surface area contributed by atoms with E-state index in [1.54, 1.807) is 24.3 Å². The molecule has 5 N–H and O–H groups in total. The molecule has 0 saturated carbocycles. The third-order valence-corrected chi connectivity index (χ3v) is 4.58. The fourth-order valence-electron chi connectivity index (χ4n) is 3.02. The fraction of sp³-hybridized carbons (Fsp3) is 0.421. The largest absolute Gasteiger partial charge is 0.462 e. The van der Waals surface area contributed by atoms with E-state index in [2.05, 4.69) is 10.3 Å². The Morgan fingerprint density at radius 1 is 1.20 bits per heavy atom. The van der Waals surface area contributed by atoms with Crippen LogP contribution in [0.5, 0.6) is 5.75 Å². The number of hydrogen-bond donors (Lipinski definition) is 5. The van der Waals surface area contributed by atoms with Gasteiger partial charge in [0.1, 0.15) is 36.0 Å². The number of para-hydroxylation sites is 1. The van der Waals surface area contributed by atoms with Crippen LogP contribution in [0.2, 0.25) is 0 Å². The highest BCUT2D eigenvalue weighted by Crippen LogP contribution is 2.26. The van der Waals surface area contributed by atoms with E-state index in [4.69, 9.17) is 9.47 Å². The molecule has 162 valence electrons. The van der Waals surface area contributed by atoms with Crippen molar-refractivity contribution < 1.29 is 34.7 Å². The van der Waals surface area contributed by atoms with Gasteiger partial charge in [-0.3, -0.25) is 9.36 Å². The minimum absolute atomic E-state index is 0.0692. The summed E-state index contributed by atoms with van der Waals surface area (Å²) in [6.45, 7) is 0.799. The Labute approximate surface area is 171 Å². The molecule has 1 aliphatic rings. The first-order chi connectivity index (χ1) is 14.3. The molecule has 1 amide bonds. The molecule has 0 radical (unpaired) electrons. The topological polar surface area (TPSA) is 163 Å². The van der Waals surface area contributed by atoms with Gasteiger partial charge < -0.3 is 35.2 Å². The monoisotopic (exact) mass is 421 g/mol. The van der Waals surface area contributed by atoms with Crippen molar-refractivity contribution in [3.63, 3.8) is 0 Å². The number of amides is 1. The molecule has 0 bridgehead atoms. The van der Waals surface area contributed by atoms with Crippen molar-refractivity contribution in [2.24, 2.45) is 0 Å². The Bertz CT molecular complexity index is 947. The zero-order valence-corrected chi connectivity index (χ0v) is 16.1. The van der Waals surface area contributed by atoms with E-state index in [1.807, 2.05) is 0 Å². The van der Waals surface area contributed by atoms with Gasteiger partial charge in [-0.2, -0.15) is 4.98 Å². The smallest absolute Gasteiger partial charge is 0.349 e. The summed E-state index contributed by atoms with van der Waals surface area (Å²) in [5.74, 6) is 0.0483. The fourth-order valence-corrected chi connectivity index (χ4v) is 3.02. The lowest BCUT2D eigenvalue weighted by atomic mass is 9.99. The van der Waals surface area contributed by atoms with Gasteiger partial charge in [-0.15, -0.1) is 0 Å². The number of rotatable bonds is 6. The van der Waals surface area contributed by atoms with Crippen LogP contribution in [0.25, 0.3) is 0 Å². The Morgan fingerprint density at radius 3 is 2.60 bits per heavy atom. The van der Waals surface area contributed by atoms with E-state index in [0.717, 1.165) is 0 Å². The van der Waals surface area contributed by atoms with Crippen LogP contribution in [0, 0.1) is 0 Å². The van der Waals surface area contributed by atoms with E-state index in [9.17, 15) is 30.0 Å². The predicted molar refractivity (Wildman–Crippen MR) is 103 cm³/mol. The van der Waals surface area contributed by atoms with Gasteiger partial charge in [0.2, 0.25) is 12.2 Å². The maximum absolute atomic E-state index is 12.2. The van der Waals surface area contributed by atoms with Crippen LogP contribution in [0.1, 0.15) is 12.5 Å². The van der Waals surface area contributed by atoms with Gasteiger partial charge in [0, 0.05) is 18.7 Å². The number of carbonyl (C=O) groups is 1. The van der Waals surface area contributed by atoms with Crippen LogP contribution >= 0.6 is 0 Å². The van der Waals surface area contributed by atoms with E-state index < -0.39 is 43.0 Å². The van der Waals surface area contributed by atoms with Crippen molar-refractivity contribution in [1.82, 2.24) is 9.55 Å². The summed E-state index contributed by atoms with van der Waals surface area (Å²) in [4.78, 5) is 27.1. The Morgan fingerprint density at radius 2 is 1.93 bits per heavy atom. The van der Waals surface area contributed by atoms with Crippen molar-refractivity contribution >= 4 is 11.7 Å². The van der Waals surface area contributed by atoms with Gasteiger partial charge in [0.05, 0.1) is 13.2 Å². The maximum atomic E-state index is 12.2. The molecule has 0 unspecified atom stereocenters. The summed E-state index contributed by atoms with van der Waals surface area (Å²) < 4.78 is 12.3. The number of ether oxygens (including phenoxy) is 2. The lowest BCUT2D eigenvalue weighted by Gasteiger charge is -2.39. The Balaban J connectivity index is 1.80. The van der Waals surface area contributed by atoms with Crippen molar-refractivity contribution in [2.75, 3.05) is 11.9 Å². The van der Waals surface area contributed by atoms with Crippen LogP contribution in [-0.4, -0.2) is 73.2 Å². The number of hydrogen-bond acceptors (Lipinski definition) is 9. The highest BCUT2D eigenvalue weighted by Gasteiger charge is 2.44. The van der Waals surface area contributed by atoms with Crippen LogP contribution in [-0.2, 0) is 16.1 Å². The van der Waals surface area contributed by atoms with Crippen LogP contribution < -0.4 is 15.7 Å². The molecule has 3 rings (SSSR count). The predicted octanol–water partition coefficient (Wildman–Crippen LogP) is -1.57. The minimum atomic E-state index is -1.57. The van der Waals surface area contributed by atoms with Gasteiger partial charge in [-0.05, 0) is 12.1 Å². The number of anilines is 1. The number of nitrogens with one attached hydrogen (secondary N) is 1. The molecular weight excluding hydrogens is 398 g/mol. The average molecular weight is 421 g/mol. The number of aromatic nitrogens is 2. The van der Waals surface area contributed by atoms with Crippen molar-refractivity contribution in [3.05, 3.63) is 52.6 Å². The third kappa shape index (κ3) is 4.83. The maximum Gasteiger partial charge on any atom is 0.349 e. The lowest BCUT2D eigenvalue weighted by Crippen LogP contribution is -2.60. The second kappa shape index (κ2) is 9.32. The molecule has 0 aliphatic carbocycles. The molecular formula is C19H23N3O8. The first kappa shape index (κ1) is 21.9. The third-order valence-electron chi connectivity index (χ3n) is 4.58. The van der Waals surface area contributed by atoms with E-state index in [0.29, 0.717) is 5.56 Å². The normalized spacial score (nSPS) is 26.2. The molecule has 1 aliphatic heterocycles. The Hall–Kier alpha value is -2.83. The number of aliphatic hydroxyl groups is 4. The number of benzene rings is 1. The molecule has 11 heteroatoms. The molecule has 5 atom stereocenters. The zero-order valence-electron chi connectivity index (χ0n) is 16.1. The van der Waals surface area contributed by atoms with Gasteiger partial charge in [0.15, 0.2) is 0 Å². The van der Waals surface area contributed by atoms with Crippen LogP contribution in [0.15, 0.2) is 41.3 Å². The molecule has 1 fully saturated rings. The van der Waals surface area contributed by atoms with Crippen molar-refractivity contribution in [2.45, 2.75) is 44.2 Å². The van der Waals surface area contributed by atoms with Crippen molar-refractivity contribution in [3.8, 4) is 5.75 Å². The van der Waals surface area contributed by atoms with Crippen LogP contribution in [0.4, 0.5) is 5.82 Å². The number of aliphatic hydroxyl groups excluding tert-OH is 4. The Kier molecular flexibility index (Phi) is 6.80.